The summed E-state index contributed by atoms with van der Waals surface area (Å²) < 4.78 is 10.3. The molecule has 0 radical (unpaired) electrons. The second-order valence-electron chi connectivity index (χ2n) is 4.91. The number of carboxylic acids is 1. The molecule has 0 aliphatic heterocycles. The predicted molar refractivity (Wildman–Crippen MR) is 95.4 cm³/mol. The summed E-state index contributed by atoms with van der Waals surface area (Å²) in [5, 5.41) is 11.5. The number of para-hydroxylation sites is 1. The van der Waals surface area contributed by atoms with E-state index in [0.717, 1.165) is 0 Å². The van der Waals surface area contributed by atoms with Crippen LogP contribution in [0.2, 0.25) is 0 Å². The van der Waals surface area contributed by atoms with E-state index in [1.807, 2.05) is 0 Å². The van der Waals surface area contributed by atoms with Crippen LogP contribution in [0.3, 0.4) is 0 Å². The molecular formula is C18H16ClNO5. The SMILES string of the molecule is COc1ccc(C=C(Cl)C(=O)Nc2ccccc2C(=O)O)cc1OC. The van der Waals surface area contributed by atoms with E-state index in [9.17, 15) is 9.59 Å². The van der Waals surface area contributed by atoms with Crippen LogP contribution in [-0.4, -0.2) is 31.2 Å². The molecule has 0 aliphatic rings. The van der Waals surface area contributed by atoms with Gasteiger partial charge in [0.25, 0.3) is 5.91 Å². The molecule has 2 aromatic carbocycles. The number of benzene rings is 2. The number of carboxylic acid groups (broad SMARTS) is 1. The summed E-state index contributed by atoms with van der Waals surface area (Å²) in [6.07, 6.45) is 1.45. The summed E-state index contributed by atoms with van der Waals surface area (Å²) >= 11 is 6.05. The van der Waals surface area contributed by atoms with Crippen molar-refractivity contribution in [1.29, 1.82) is 0 Å². The fourth-order valence-electron chi connectivity index (χ4n) is 2.12. The molecule has 7 heteroatoms. The van der Waals surface area contributed by atoms with Crippen molar-refractivity contribution >= 4 is 35.2 Å². The highest BCUT2D eigenvalue weighted by Gasteiger charge is 2.14. The maximum Gasteiger partial charge on any atom is 0.337 e. The number of ether oxygens (including phenoxy) is 2. The van der Waals surface area contributed by atoms with Crippen LogP contribution in [0.5, 0.6) is 11.5 Å². The monoisotopic (exact) mass is 361 g/mol. The Labute approximate surface area is 149 Å². The molecule has 130 valence electrons. The number of amides is 1. The zero-order valence-corrected chi connectivity index (χ0v) is 14.3. The van der Waals surface area contributed by atoms with Crippen LogP contribution >= 0.6 is 11.6 Å². The highest BCUT2D eigenvalue weighted by Crippen LogP contribution is 2.29. The molecule has 0 spiro atoms. The van der Waals surface area contributed by atoms with E-state index in [-0.39, 0.29) is 16.3 Å². The molecule has 0 heterocycles. The van der Waals surface area contributed by atoms with Crippen molar-refractivity contribution < 1.29 is 24.2 Å². The normalized spacial score (nSPS) is 10.9. The fraction of sp³-hybridized carbons (Fsp3) is 0.111. The second kappa shape index (κ2) is 8.21. The number of hydrogen-bond acceptors (Lipinski definition) is 4. The summed E-state index contributed by atoms with van der Waals surface area (Å²) in [4.78, 5) is 23.4. The molecule has 25 heavy (non-hydrogen) atoms. The topological polar surface area (TPSA) is 84.9 Å². The van der Waals surface area contributed by atoms with Crippen molar-refractivity contribution in [3.63, 3.8) is 0 Å². The highest BCUT2D eigenvalue weighted by atomic mass is 35.5. The number of rotatable bonds is 6. The third-order valence-corrected chi connectivity index (χ3v) is 3.60. The zero-order chi connectivity index (χ0) is 18.4. The fourth-order valence-corrected chi connectivity index (χ4v) is 2.29. The minimum atomic E-state index is -1.14. The molecule has 1 amide bonds. The van der Waals surface area contributed by atoms with Crippen LogP contribution in [0.4, 0.5) is 5.69 Å². The molecule has 0 aliphatic carbocycles. The van der Waals surface area contributed by atoms with Crippen molar-refractivity contribution in [2.75, 3.05) is 19.5 Å². The molecule has 0 bridgehead atoms. The van der Waals surface area contributed by atoms with Gasteiger partial charge in [-0.25, -0.2) is 4.79 Å². The van der Waals surface area contributed by atoms with Crippen molar-refractivity contribution in [3.05, 3.63) is 58.6 Å². The second-order valence-corrected chi connectivity index (χ2v) is 5.32. The van der Waals surface area contributed by atoms with E-state index < -0.39 is 11.9 Å². The number of nitrogens with one attached hydrogen (secondary N) is 1. The third kappa shape index (κ3) is 4.51. The minimum absolute atomic E-state index is 0.0218. The molecule has 0 saturated carbocycles. The molecule has 2 rings (SSSR count). The van der Waals surface area contributed by atoms with Crippen molar-refractivity contribution in [2.24, 2.45) is 0 Å². The van der Waals surface area contributed by atoms with Gasteiger partial charge in [-0.1, -0.05) is 29.8 Å². The summed E-state index contributed by atoms with van der Waals surface area (Å²) in [6.45, 7) is 0. The van der Waals surface area contributed by atoms with Gasteiger partial charge in [0.2, 0.25) is 0 Å². The third-order valence-electron chi connectivity index (χ3n) is 3.32. The molecule has 0 unspecified atom stereocenters. The van der Waals surface area contributed by atoms with E-state index in [1.54, 1.807) is 30.3 Å². The van der Waals surface area contributed by atoms with Crippen LogP contribution in [-0.2, 0) is 4.79 Å². The molecule has 2 N–H and O–H groups in total. The average Bonchev–Trinajstić information content (AvgIpc) is 2.61. The summed E-state index contributed by atoms with van der Waals surface area (Å²) in [5.41, 5.74) is 0.773. The lowest BCUT2D eigenvalue weighted by molar-refractivity contribution is -0.112. The number of hydrogen-bond donors (Lipinski definition) is 2. The zero-order valence-electron chi connectivity index (χ0n) is 13.6. The Bertz CT molecular complexity index is 832. The Morgan fingerprint density at radius 3 is 2.40 bits per heavy atom. The van der Waals surface area contributed by atoms with E-state index in [1.165, 1.54) is 32.4 Å². The molecule has 6 nitrogen and oxygen atoms in total. The minimum Gasteiger partial charge on any atom is -0.493 e. The van der Waals surface area contributed by atoms with E-state index in [2.05, 4.69) is 5.32 Å². The highest BCUT2D eigenvalue weighted by molar-refractivity contribution is 6.45. The van der Waals surface area contributed by atoms with Crippen LogP contribution in [0.25, 0.3) is 6.08 Å². The Hall–Kier alpha value is -2.99. The van der Waals surface area contributed by atoms with Gasteiger partial charge in [0, 0.05) is 0 Å². The average molecular weight is 362 g/mol. The van der Waals surface area contributed by atoms with Gasteiger partial charge in [-0.2, -0.15) is 0 Å². The van der Waals surface area contributed by atoms with Crippen LogP contribution in [0.15, 0.2) is 47.5 Å². The molecule has 0 saturated heterocycles. The molecule has 0 aromatic heterocycles. The van der Waals surface area contributed by atoms with Gasteiger partial charge in [-0.15, -0.1) is 0 Å². The summed E-state index contributed by atoms with van der Waals surface area (Å²) in [5.74, 6) is -0.714. The Morgan fingerprint density at radius 2 is 1.76 bits per heavy atom. The number of carbonyl (C=O) groups is 2. The van der Waals surface area contributed by atoms with E-state index in [0.29, 0.717) is 17.1 Å². The number of aromatic carboxylic acids is 1. The van der Waals surface area contributed by atoms with Crippen LogP contribution in [0.1, 0.15) is 15.9 Å². The van der Waals surface area contributed by atoms with Crippen molar-refractivity contribution in [2.45, 2.75) is 0 Å². The first kappa shape index (κ1) is 18.4. The molecule has 0 fully saturated rings. The van der Waals surface area contributed by atoms with E-state index >= 15 is 0 Å². The van der Waals surface area contributed by atoms with E-state index in [4.69, 9.17) is 26.2 Å². The smallest absolute Gasteiger partial charge is 0.337 e. The lowest BCUT2D eigenvalue weighted by atomic mass is 10.1. The molecule has 0 atom stereocenters. The summed E-state index contributed by atoms with van der Waals surface area (Å²) in [6, 6.07) is 11.1. The maximum atomic E-state index is 12.2. The Kier molecular flexibility index (Phi) is 6.03. The van der Waals surface area contributed by atoms with Gasteiger partial charge in [-0.05, 0) is 35.9 Å². The Morgan fingerprint density at radius 1 is 1.08 bits per heavy atom. The predicted octanol–water partition coefficient (Wildman–Crippen LogP) is 3.62. The number of methoxy groups -OCH3 is 2. The van der Waals surface area contributed by atoms with Gasteiger partial charge in [-0.3, -0.25) is 4.79 Å². The first-order valence-corrected chi connectivity index (χ1v) is 7.57. The molecular weight excluding hydrogens is 346 g/mol. The van der Waals surface area contributed by atoms with Crippen LogP contribution in [0, 0.1) is 0 Å². The lowest BCUT2D eigenvalue weighted by Crippen LogP contribution is -2.14. The van der Waals surface area contributed by atoms with Gasteiger partial charge in [0.15, 0.2) is 11.5 Å². The van der Waals surface area contributed by atoms with Gasteiger partial charge < -0.3 is 19.9 Å². The van der Waals surface area contributed by atoms with Crippen molar-refractivity contribution in [3.8, 4) is 11.5 Å². The number of halogens is 1. The van der Waals surface area contributed by atoms with Crippen molar-refractivity contribution in [1.82, 2.24) is 0 Å². The number of carbonyl (C=O) groups excluding carboxylic acids is 1. The van der Waals surface area contributed by atoms with Gasteiger partial charge >= 0.3 is 5.97 Å². The van der Waals surface area contributed by atoms with Crippen LogP contribution < -0.4 is 14.8 Å². The first-order chi connectivity index (χ1) is 12.0. The lowest BCUT2D eigenvalue weighted by Gasteiger charge is -2.09. The number of anilines is 1. The quantitative estimate of drug-likeness (QED) is 0.767. The summed E-state index contributed by atoms with van der Waals surface area (Å²) in [7, 11) is 3.02. The van der Waals surface area contributed by atoms with Gasteiger partial charge in [0.1, 0.15) is 5.03 Å². The first-order valence-electron chi connectivity index (χ1n) is 7.19. The maximum absolute atomic E-state index is 12.2. The Balaban J connectivity index is 2.23. The largest absolute Gasteiger partial charge is 0.493 e. The standard InChI is InChI=1S/C18H16ClNO5/c1-24-15-8-7-11(10-16(15)25-2)9-13(19)17(21)20-14-6-4-3-5-12(14)18(22)23/h3-10H,1-2H3,(H,20,21)(H,22,23). The van der Waals surface area contributed by atoms with Gasteiger partial charge in [0.05, 0.1) is 25.5 Å². The molecule has 2 aromatic rings.